The summed E-state index contributed by atoms with van der Waals surface area (Å²) in [5, 5.41) is 12.3. The van der Waals surface area contributed by atoms with Crippen molar-refractivity contribution in [1.82, 2.24) is 0 Å². The van der Waals surface area contributed by atoms with E-state index < -0.39 is 9.84 Å². The predicted octanol–water partition coefficient (Wildman–Crippen LogP) is 1.66. The monoisotopic (exact) mass is 257 g/mol. The van der Waals surface area contributed by atoms with Crippen molar-refractivity contribution < 1.29 is 13.5 Å². The molecule has 1 aromatic rings. The van der Waals surface area contributed by atoms with Crippen LogP contribution in [0.5, 0.6) is 0 Å². The highest BCUT2D eigenvalue weighted by molar-refractivity contribution is 7.90. The fourth-order valence-corrected chi connectivity index (χ4v) is 2.08. The molecule has 1 rings (SSSR count). The van der Waals surface area contributed by atoms with Gasteiger partial charge in [-0.3, -0.25) is 0 Å². The van der Waals surface area contributed by atoms with Crippen LogP contribution in [0, 0.1) is 0 Å². The zero-order chi connectivity index (χ0) is 12.9. The Kier molecular flexibility index (Phi) is 4.96. The number of hydrogen-bond acceptors (Lipinski definition) is 4. The van der Waals surface area contributed by atoms with Gasteiger partial charge < -0.3 is 10.4 Å². The molecule has 5 heteroatoms. The van der Waals surface area contributed by atoms with Crippen molar-refractivity contribution in [3.05, 3.63) is 24.3 Å². The van der Waals surface area contributed by atoms with Gasteiger partial charge in [0.05, 0.1) is 11.0 Å². The van der Waals surface area contributed by atoms with Gasteiger partial charge in [0.2, 0.25) is 0 Å². The normalized spacial score (nSPS) is 13.4. The molecular formula is C12H19NO3S. The van der Waals surface area contributed by atoms with Crippen LogP contribution in [-0.4, -0.2) is 32.4 Å². The SMILES string of the molecule is CC(O)CCCNc1ccc(S(C)(=O)=O)cc1. The summed E-state index contributed by atoms with van der Waals surface area (Å²) in [5.74, 6) is 0. The summed E-state index contributed by atoms with van der Waals surface area (Å²) in [6.45, 7) is 2.53. The van der Waals surface area contributed by atoms with E-state index in [4.69, 9.17) is 5.11 Å². The molecular weight excluding hydrogens is 238 g/mol. The van der Waals surface area contributed by atoms with Crippen molar-refractivity contribution in [1.29, 1.82) is 0 Å². The van der Waals surface area contributed by atoms with Gasteiger partial charge >= 0.3 is 0 Å². The molecule has 0 aliphatic rings. The van der Waals surface area contributed by atoms with E-state index in [1.807, 2.05) is 0 Å². The van der Waals surface area contributed by atoms with Crippen molar-refractivity contribution >= 4 is 15.5 Å². The summed E-state index contributed by atoms with van der Waals surface area (Å²) in [6.07, 6.45) is 2.56. The highest BCUT2D eigenvalue weighted by Crippen LogP contribution is 2.13. The van der Waals surface area contributed by atoms with Gasteiger partial charge in [-0.15, -0.1) is 0 Å². The van der Waals surface area contributed by atoms with Crippen LogP contribution in [0.15, 0.2) is 29.2 Å². The molecule has 96 valence electrons. The number of sulfone groups is 1. The number of benzene rings is 1. The Balaban J connectivity index is 2.46. The van der Waals surface area contributed by atoms with E-state index in [1.54, 1.807) is 31.2 Å². The molecule has 1 atom stereocenters. The van der Waals surface area contributed by atoms with Gasteiger partial charge in [-0.05, 0) is 44.0 Å². The smallest absolute Gasteiger partial charge is 0.175 e. The molecule has 1 unspecified atom stereocenters. The molecule has 0 spiro atoms. The molecule has 0 aliphatic carbocycles. The minimum atomic E-state index is -3.12. The minimum absolute atomic E-state index is 0.274. The van der Waals surface area contributed by atoms with Crippen LogP contribution in [0.1, 0.15) is 19.8 Å². The second-order valence-corrected chi connectivity index (χ2v) is 6.23. The van der Waals surface area contributed by atoms with Gasteiger partial charge in [0.1, 0.15) is 0 Å². The summed E-state index contributed by atoms with van der Waals surface area (Å²) < 4.78 is 22.5. The number of rotatable bonds is 6. The lowest BCUT2D eigenvalue weighted by atomic mass is 10.2. The zero-order valence-corrected chi connectivity index (χ0v) is 11.0. The fourth-order valence-electron chi connectivity index (χ4n) is 1.45. The average molecular weight is 257 g/mol. The number of hydrogen-bond donors (Lipinski definition) is 2. The van der Waals surface area contributed by atoms with Gasteiger partial charge in [-0.2, -0.15) is 0 Å². The predicted molar refractivity (Wildman–Crippen MR) is 69.0 cm³/mol. The van der Waals surface area contributed by atoms with Crippen LogP contribution < -0.4 is 5.32 Å². The summed E-state index contributed by atoms with van der Waals surface area (Å²) in [7, 11) is -3.12. The van der Waals surface area contributed by atoms with E-state index in [-0.39, 0.29) is 6.10 Å². The van der Waals surface area contributed by atoms with Crippen molar-refractivity contribution in [2.75, 3.05) is 18.1 Å². The third-order valence-electron chi connectivity index (χ3n) is 2.41. The van der Waals surface area contributed by atoms with Crippen molar-refractivity contribution in [3.63, 3.8) is 0 Å². The maximum Gasteiger partial charge on any atom is 0.175 e. The van der Waals surface area contributed by atoms with Gasteiger partial charge in [-0.25, -0.2) is 8.42 Å². The molecule has 0 aromatic heterocycles. The Hall–Kier alpha value is -1.07. The highest BCUT2D eigenvalue weighted by Gasteiger charge is 2.05. The van der Waals surface area contributed by atoms with Gasteiger partial charge in [0.15, 0.2) is 9.84 Å². The van der Waals surface area contributed by atoms with E-state index in [9.17, 15) is 8.42 Å². The lowest BCUT2D eigenvalue weighted by molar-refractivity contribution is 0.183. The lowest BCUT2D eigenvalue weighted by Gasteiger charge is -2.08. The Morgan fingerprint density at radius 2 is 1.88 bits per heavy atom. The van der Waals surface area contributed by atoms with Crippen LogP contribution in [-0.2, 0) is 9.84 Å². The maximum atomic E-state index is 11.2. The van der Waals surface area contributed by atoms with E-state index >= 15 is 0 Å². The summed E-state index contributed by atoms with van der Waals surface area (Å²) >= 11 is 0. The van der Waals surface area contributed by atoms with Crippen LogP contribution in [0.4, 0.5) is 5.69 Å². The minimum Gasteiger partial charge on any atom is -0.393 e. The first-order chi connectivity index (χ1) is 7.89. The van der Waals surface area contributed by atoms with Crippen LogP contribution in [0.3, 0.4) is 0 Å². The van der Waals surface area contributed by atoms with Gasteiger partial charge in [0, 0.05) is 18.5 Å². The Morgan fingerprint density at radius 3 is 2.35 bits per heavy atom. The topological polar surface area (TPSA) is 66.4 Å². The first kappa shape index (κ1) is 14.0. The van der Waals surface area contributed by atoms with Crippen LogP contribution in [0.25, 0.3) is 0 Å². The Morgan fingerprint density at radius 1 is 1.29 bits per heavy atom. The van der Waals surface area contributed by atoms with E-state index in [2.05, 4.69) is 5.32 Å². The quantitative estimate of drug-likeness (QED) is 0.761. The standard InChI is InChI=1S/C12H19NO3S/c1-10(14)4-3-9-13-11-5-7-12(8-6-11)17(2,15)16/h5-8,10,13-14H,3-4,9H2,1-2H3. The molecule has 0 bridgehead atoms. The summed E-state index contributed by atoms with van der Waals surface area (Å²) in [6, 6.07) is 6.68. The van der Waals surface area contributed by atoms with Crippen LogP contribution in [0.2, 0.25) is 0 Å². The molecule has 2 N–H and O–H groups in total. The molecule has 0 heterocycles. The molecule has 17 heavy (non-hydrogen) atoms. The molecule has 1 aromatic carbocycles. The van der Waals surface area contributed by atoms with Gasteiger partial charge in [0.25, 0.3) is 0 Å². The van der Waals surface area contributed by atoms with Crippen molar-refractivity contribution in [3.8, 4) is 0 Å². The highest BCUT2D eigenvalue weighted by atomic mass is 32.2. The first-order valence-electron chi connectivity index (χ1n) is 5.61. The lowest BCUT2D eigenvalue weighted by Crippen LogP contribution is -2.06. The third kappa shape index (κ3) is 5.19. The molecule has 0 fully saturated rings. The molecule has 0 aliphatic heterocycles. The van der Waals surface area contributed by atoms with Crippen molar-refractivity contribution in [2.45, 2.75) is 30.8 Å². The molecule has 0 amide bonds. The van der Waals surface area contributed by atoms with E-state index in [1.165, 1.54) is 6.26 Å². The second-order valence-electron chi connectivity index (χ2n) is 4.21. The molecule has 0 saturated carbocycles. The van der Waals surface area contributed by atoms with E-state index in [0.29, 0.717) is 4.90 Å². The summed E-state index contributed by atoms with van der Waals surface area (Å²) in [5.41, 5.74) is 0.892. The number of nitrogens with one attached hydrogen (secondary N) is 1. The summed E-state index contributed by atoms with van der Waals surface area (Å²) in [4.78, 5) is 0.326. The molecule has 0 saturated heterocycles. The fraction of sp³-hybridized carbons (Fsp3) is 0.500. The Bertz CT molecular complexity index is 437. The van der Waals surface area contributed by atoms with E-state index in [0.717, 1.165) is 25.1 Å². The largest absolute Gasteiger partial charge is 0.393 e. The Labute approximate surface area is 103 Å². The number of anilines is 1. The molecule has 0 radical (unpaired) electrons. The number of aliphatic hydroxyl groups excluding tert-OH is 1. The first-order valence-corrected chi connectivity index (χ1v) is 7.51. The number of aliphatic hydroxyl groups is 1. The van der Waals surface area contributed by atoms with Gasteiger partial charge in [-0.1, -0.05) is 0 Å². The van der Waals surface area contributed by atoms with Crippen LogP contribution >= 0.6 is 0 Å². The second kappa shape index (κ2) is 6.02. The maximum absolute atomic E-state index is 11.2. The average Bonchev–Trinajstić information content (AvgIpc) is 2.23. The van der Waals surface area contributed by atoms with Crippen molar-refractivity contribution in [2.24, 2.45) is 0 Å². The third-order valence-corrected chi connectivity index (χ3v) is 3.54. The molecule has 4 nitrogen and oxygen atoms in total. The zero-order valence-electron chi connectivity index (χ0n) is 10.2.